The Balaban J connectivity index is 1.87. The Morgan fingerprint density at radius 1 is 1.35 bits per heavy atom. The first-order chi connectivity index (χ1) is 8.27. The molecule has 0 unspecified atom stereocenters. The van der Waals surface area contributed by atoms with Crippen LogP contribution in [0.2, 0.25) is 0 Å². The minimum Gasteiger partial charge on any atom is -0.507 e. The third-order valence-corrected chi connectivity index (χ3v) is 3.04. The molecule has 1 aromatic carbocycles. The summed E-state index contributed by atoms with van der Waals surface area (Å²) in [7, 11) is 0. The molecule has 1 aliphatic rings. The third kappa shape index (κ3) is 3.20. The molecule has 4 nitrogen and oxygen atoms in total. The van der Waals surface area contributed by atoms with Crippen LogP contribution in [0.25, 0.3) is 0 Å². The second-order valence-corrected chi connectivity index (χ2v) is 4.28. The highest BCUT2D eigenvalue weighted by Gasteiger charge is 2.16. The van der Waals surface area contributed by atoms with Crippen molar-refractivity contribution in [1.82, 2.24) is 5.32 Å². The first kappa shape index (κ1) is 11.9. The summed E-state index contributed by atoms with van der Waals surface area (Å²) >= 11 is 0. The van der Waals surface area contributed by atoms with Crippen LogP contribution >= 0.6 is 0 Å². The lowest BCUT2D eigenvalue weighted by Crippen LogP contribution is -2.32. The first-order valence-corrected chi connectivity index (χ1v) is 5.91. The molecule has 0 saturated carbocycles. The lowest BCUT2D eigenvalue weighted by molar-refractivity contribution is 0.0642. The minimum atomic E-state index is -0.213. The van der Waals surface area contributed by atoms with E-state index in [9.17, 15) is 9.90 Å². The fourth-order valence-corrected chi connectivity index (χ4v) is 1.95. The van der Waals surface area contributed by atoms with Gasteiger partial charge in [-0.15, -0.1) is 0 Å². The number of carbonyl (C=O) groups is 1. The van der Waals surface area contributed by atoms with E-state index in [1.165, 1.54) is 6.07 Å². The number of hydrogen-bond acceptors (Lipinski definition) is 3. The Hall–Kier alpha value is -1.55. The number of aromatic hydroxyl groups is 1. The number of nitrogens with one attached hydrogen (secondary N) is 1. The monoisotopic (exact) mass is 235 g/mol. The molecule has 1 amide bonds. The predicted octanol–water partition coefficient (Wildman–Crippen LogP) is 1.55. The van der Waals surface area contributed by atoms with E-state index in [2.05, 4.69) is 5.32 Å². The maximum atomic E-state index is 11.8. The molecule has 0 spiro atoms. The Morgan fingerprint density at radius 3 is 2.76 bits per heavy atom. The molecule has 1 fully saturated rings. The van der Waals surface area contributed by atoms with Crippen molar-refractivity contribution in [2.75, 3.05) is 19.8 Å². The van der Waals surface area contributed by atoms with Crippen LogP contribution in [0.5, 0.6) is 5.75 Å². The van der Waals surface area contributed by atoms with Gasteiger partial charge in [0.05, 0.1) is 5.56 Å². The number of carbonyl (C=O) groups excluding carboxylic acids is 1. The van der Waals surface area contributed by atoms with Gasteiger partial charge in [0.25, 0.3) is 5.91 Å². The zero-order valence-electron chi connectivity index (χ0n) is 9.69. The molecule has 1 heterocycles. The van der Waals surface area contributed by atoms with Crippen LogP contribution < -0.4 is 5.32 Å². The van der Waals surface area contributed by atoms with E-state index in [1.807, 2.05) is 0 Å². The number of para-hydroxylation sites is 1. The highest BCUT2D eigenvalue weighted by atomic mass is 16.5. The van der Waals surface area contributed by atoms with Gasteiger partial charge in [0, 0.05) is 19.8 Å². The van der Waals surface area contributed by atoms with Crippen molar-refractivity contribution in [2.45, 2.75) is 12.8 Å². The summed E-state index contributed by atoms with van der Waals surface area (Å²) in [6.07, 6.45) is 1.97. The van der Waals surface area contributed by atoms with Crippen molar-refractivity contribution in [3.63, 3.8) is 0 Å². The summed E-state index contributed by atoms with van der Waals surface area (Å²) in [6, 6.07) is 6.58. The van der Waals surface area contributed by atoms with Gasteiger partial charge in [-0.25, -0.2) is 0 Å². The lowest BCUT2D eigenvalue weighted by atomic mass is 10.0. The van der Waals surface area contributed by atoms with Crippen LogP contribution in [0, 0.1) is 5.92 Å². The molecule has 92 valence electrons. The number of rotatable bonds is 3. The average molecular weight is 235 g/mol. The number of hydrogen-bond donors (Lipinski definition) is 2. The van der Waals surface area contributed by atoms with Crippen LogP contribution in [0.4, 0.5) is 0 Å². The summed E-state index contributed by atoms with van der Waals surface area (Å²) in [5.41, 5.74) is 0.333. The van der Waals surface area contributed by atoms with Gasteiger partial charge in [-0.2, -0.15) is 0 Å². The molecule has 4 heteroatoms. The van der Waals surface area contributed by atoms with Gasteiger partial charge >= 0.3 is 0 Å². The molecule has 2 rings (SSSR count). The van der Waals surface area contributed by atoms with Crippen molar-refractivity contribution < 1.29 is 14.6 Å². The van der Waals surface area contributed by atoms with Crippen LogP contribution in [-0.2, 0) is 4.74 Å². The van der Waals surface area contributed by atoms with Crippen molar-refractivity contribution >= 4 is 5.91 Å². The van der Waals surface area contributed by atoms with E-state index in [-0.39, 0.29) is 11.7 Å². The number of phenolic OH excluding ortho intramolecular Hbond substituents is 1. The topological polar surface area (TPSA) is 58.6 Å². The largest absolute Gasteiger partial charge is 0.507 e. The minimum absolute atomic E-state index is 0.0250. The number of phenols is 1. The second kappa shape index (κ2) is 5.68. The smallest absolute Gasteiger partial charge is 0.255 e. The van der Waals surface area contributed by atoms with Gasteiger partial charge < -0.3 is 15.2 Å². The molecule has 1 saturated heterocycles. The zero-order chi connectivity index (χ0) is 12.1. The highest BCUT2D eigenvalue weighted by Crippen LogP contribution is 2.16. The van der Waals surface area contributed by atoms with Gasteiger partial charge in [-0.3, -0.25) is 4.79 Å². The van der Waals surface area contributed by atoms with E-state index < -0.39 is 0 Å². The Bertz CT molecular complexity index is 386. The summed E-state index contributed by atoms with van der Waals surface area (Å²) < 4.78 is 5.26. The molecule has 0 aromatic heterocycles. The van der Waals surface area contributed by atoms with Gasteiger partial charge in [-0.05, 0) is 30.9 Å². The first-order valence-electron chi connectivity index (χ1n) is 5.91. The fraction of sp³-hybridized carbons (Fsp3) is 0.462. The standard InChI is InChI=1S/C13H17NO3/c15-12-4-2-1-3-11(12)13(16)14-9-10-5-7-17-8-6-10/h1-4,10,15H,5-9H2,(H,14,16). The van der Waals surface area contributed by atoms with Crippen molar-refractivity contribution in [1.29, 1.82) is 0 Å². The Labute approximate surface area is 101 Å². The van der Waals surface area contributed by atoms with Crippen LogP contribution in [-0.4, -0.2) is 30.8 Å². The van der Waals surface area contributed by atoms with Crippen LogP contribution in [0.1, 0.15) is 23.2 Å². The fourth-order valence-electron chi connectivity index (χ4n) is 1.95. The number of amides is 1. The van der Waals surface area contributed by atoms with Crippen molar-refractivity contribution in [2.24, 2.45) is 5.92 Å². The van der Waals surface area contributed by atoms with E-state index in [0.717, 1.165) is 26.1 Å². The lowest BCUT2D eigenvalue weighted by Gasteiger charge is -2.22. The molecule has 0 aliphatic carbocycles. The number of benzene rings is 1. The Kier molecular flexibility index (Phi) is 3.98. The molecular formula is C13H17NO3. The van der Waals surface area contributed by atoms with Gasteiger partial charge in [0.15, 0.2) is 0 Å². The predicted molar refractivity (Wildman–Crippen MR) is 64.0 cm³/mol. The van der Waals surface area contributed by atoms with Gasteiger partial charge in [0.2, 0.25) is 0 Å². The molecule has 1 aliphatic heterocycles. The molecule has 17 heavy (non-hydrogen) atoms. The van der Waals surface area contributed by atoms with E-state index >= 15 is 0 Å². The average Bonchev–Trinajstić information content (AvgIpc) is 2.38. The zero-order valence-corrected chi connectivity index (χ0v) is 9.69. The quantitative estimate of drug-likeness (QED) is 0.835. The summed E-state index contributed by atoms with van der Waals surface area (Å²) in [5, 5.41) is 12.4. The maximum Gasteiger partial charge on any atom is 0.255 e. The van der Waals surface area contributed by atoms with E-state index in [0.29, 0.717) is 18.0 Å². The van der Waals surface area contributed by atoms with Crippen molar-refractivity contribution in [3.05, 3.63) is 29.8 Å². The van der Waals surface area contributed by atoms with Crippen LogP contribution in [0.3, 0.4) is 0 Å². The van der Waals surface area contributed by atoms with E-state index in [1.54, 1.807) is 18.2 Å². The Morgan fingerprint density at radius 2 is 2.06 bits per heavy atom. The normalized spacial score (nSPS) is 16.7. The van der Waals surface area contributed by atoms with E-state index in [4.69, 9.17) is 4.74 Å². The van der Waals surface area contributed by atoms with Gasteiger partial charge in [0.1, 0.15) is 5.75 Å². The molecule has 0 bridgehead atoms. The second-order valence-electron chi connectivity index (χ2n) is 4.28. The summed E-state index contributed by atoms with van der Waals surface area (Å²) in [5.74, 6) is 0.296. The molecule has 0 atom stereocenters. The molecule has 2 N–H and O–H groups in total. The summed E-state index contributed by atoms with van der Waals surface area (Å²) in [4.78, 5) is 11.8. The SMILES string of the molecule is O=C(NCC1CCOCC1)c1ccccc1O. The maximum absolute atomic E-state index is 11.8. The summed E-state index contributed by atoms with van der Waals surface area (Å²) in [6.45, 7) is 2.20. The van der Waals surface area contributed by atoms with Crippen molar-refractivity contribution in [3.8, 4) is 5.75 Å². The number of ether oxygens (including phenoxy) is 1. The highest BCUT2D eigenvalue weighted by molar-refractivity contribution is 5.96. The third-order valence-electron chi connectivity index (χ3n) is 3.04. The molecule has 0 radical (unpaired) electrons. The van der Waals surface area contributed by atoms with Crippen LogP contribution in [0.15, 0.2) is 24.3 Å². The molecular weight excluding hydrogens is 218 g/mol. The van der Waals surface area contributed by atoms with Gasteiger partial charge in [-0.1, -0.05) is 12.1 Å². The molecule has 1 aromatic rings.